The second-order valence-corrected chi connectivity index (χ2v) is 8.29. The first-order valence-electron chi connectivity index (χ1n) is 8.15. The quantitative estimate of drug-likeness (QED) is 0.724. The number of carbonyl (C=O) groups is 1. The highest BCUT2D eigenvalue weighted by molar-refractivity contribution is 7.89. The molecule has 2 aromatic carbocycles. The zero-order valence-corrected chi connectivity index (χ0v) is 15.4. The van der Waals surface area contributed by atoms with Gasteiger partial charge in [0.1, 0.15) is 15.9 Å². The first kappa shape index (κ1) is 17.1. The Bertz CT molecular complexity index is 1060. The fourth-order valence-electron chi connectivity index (χ4n) is 2.97. The molecule has 9 heteroatoms. The lowest BCUT2D eigenvalue weighted by Crippen LogP contribution is -2.24. The maximum Gasteiger partial charge on any atom is 0.243 e. The van der Waals surface area contributed by atoms with E-state index in [1.807, 2.05) is 24.3 Å². The van der Waals surface area contributed by atoms with Gasteiger partial charge in [0.05, 0.1) is 11.7 Å². The Morgan fingerprint density at radius 3 is 2.65 bits per heavy atom. The molecule has 1 amide bonds. The van der Waals surface area contributed by atoms with Crippen LogP contribution in [0.3, 0.4) is 0 Å². The summed E-state index contributed by atoms with van der Waals surface area (Å²) in [6.07, 6.45) is 1.45. The number of fused-ring (bicyclic) bond motifs is 1. The monoisotopic (exact) mass is 388 g/mol. The summed E-state index contributed by atoms with van der Waals surface area (Å²) in [4.78, 5) is 13.7. The SMILES string of the molecule is O=C1CCCN1c1ccc(CNS(=O)(=O)c2cccc3nsnc23)cc1. The summed E-state index contributed by atoms with van der Waals surface area (Å²) in [6, 6.07) is 12.3. The molecule has 3 aromatic rings. The molecule has 0 unspecified atom stereocenters. The van der Waals surface area contributed by atoms with E-state index in [1.54, 1.807) is 17.0 Å². The molecule has 1 N–H and O–H groups in total. The summed E-state index contributed by atoms with van der Waals surface area (Å²) in [5.74, 6) is 0.128. The van der Waals surface area contributed by atoms with Gasteiger partial charge in [0, 0.05) is 25.2 Å². The van der Waals surface area contributed by atoms with Gasteiger partial charge in [-0.15, -0.1) is 0 Å². The molecule has 1 aliphatic rings. The normalized spacial score (nSPS) is 15.1. The van der Waals surface area contributed by atoms with Gasteiger partial charge in [0.15, 0.2) is 0 Å². The first-order valence-corrected chi connectivity index (χ1v) is 10.4. The number of hydrogen-bond donors (Lipinski definition) is 1. The van der Waals surface area contributed by atoms with E-state index in [2.05, 4.69) is 13.5 Å². The Labute approximate surface area is 155 Å². The fraction of sp³-hybridized carbons (Fsp3) is 0.235. The van der Waals surface area contributed by atoms with Crippen LogP contribution in [0.2, 0.25) is 0 Å². The van der Waals surface area contributed by atoms with Gasteiger partial charge in [0.2, 0.25) is 15.9 Å². The summed E-state index contributed by atoms with van der Waals surface area (Å²) in [7, 11) is -3.70. The molecule has 1 aromatic heterocycles. The smallest absolute Gasteiger partial charge is 0.243 e. The van der Waals surface area contributed by atoms with Gasteiger partial charge in [-0.3, -0.25) is 4.79 Å². The zero-order chi connectivity index (χ0) is 18.1. The van der Waals surface area contributed by atoms with Crippen LogP contribution in [0, 0.1) is 0 Å². The minimum Gasteiger partial charge on any atom is -0.312 e. The Morgan fingerprint density at radius 2 is 1.92 bits per heavy atom. The van der Waals surface area contributed by atoms with E-state index < -0.39 is 10.0 Å². The molecule has 0 aliphatic carbocycles. The third-order valence-electron chi connectivity index (χ3n) is 4.33. The summed E-state index contributed by atoms with van der Waals surface area (Å²) in [5.41, 5.74) is 2.61. The average molecular weight is 388 g/mol. The van der Waals surface area contributed by atoms with E-state index in [1.165, 1.54) is 6.07 Å². The Morgan fingerprint density at radius 1 is 1.12 bits per heavy atom. The molecule has 0 saturated carbocycles. The van der Waals surface area contributed by atoms with E-state index in [9.17, 15) is 13.2 Å². The van der Waals surface area contributed by atoms with Gasteiger partial charge in [-0.05, 0) is 36.2 Å². The summed E-state index contributed by atoms with van der Waals surface area (Å²) < 4.78 is 36.0. The minimum absolute atomic E-state index is 0.128. The molecule has 134 valence electrons. The number of nitrogens with one attached hydrogen (secondary N) is 1. The van der Waals surface area contributed by atoms with E-state index >= 15 is 0 Å². The van der Waals surface area contributed by atoms with Crippen molar-refractivity contribution in [3.05, 3.63) is 48.0 Å². The maximum atomic E-state index is 12.6. The van der Waals surface area contributed by atoms with Crippen molar-refractivity contribution in [3.63, 3.8) is 0 Å². The summed E-state index contributed by atoms with van der Waals surface area (Å²) in [6.45, 7) is 0.890. The number of amides is 1. The molecule has 26 heavy (non-hydrogen) atoms. The van der Waals surface area contributed by atoms with Crippen molar-refractivity contribution >= 4 is 44.4 Å². The van der Waals surface area contributed by atoms with Crippen molar-refractivity contribution in [3.8, 4) is 0 Å². The third kappa shape index (κ3) is 3.20. The molecule has 0 spiro atoms. The molecule has 1 fully saturated rings. The second kappa shape index (κ2) is 6.75. The Hall–Kier alpha value is -2.36. The molecular weight excluding hydrogens is 372 g/mol. The molecular formula is C17H16N4O3S2. The lowest BCUT2D eigenvalue weighted by Gasteiger charge is -2.16. The van der Waals surface area contributed by atoms with Crippen LogP contribution in [0.25, 0.3) is 11.0 Å². The predicted octanol–water partition coefficient (Wildman–Crippen LogP) is 2.30. The number of benzene rings is 2. The topological polar surface area (TPSA) is 92.3 Å². The molecule has 7 nitrogen and oxygen atoms in total. The highest BCUT2D eigenvalue weighted by Crippen LogP contribution is 2.23. The van der Waals surface area contributed by atoms with Gasteiger partial charge >= 0.3 is 0 Å². The lowest BCUT2D eigenvalue weighted by molar-refractivity contribution is -0.117. The van der Waals surface area contributed by atoms with Crippen molar-refractivity contribution in [2.45, 2.75) is 24.3 Å². The largest absolute Gasteiger partial charge is 0.312 e. The van der Waals surface area contributed by atoms with E-state index in [4.69, 9.17) is 0 Å². The van der Waals surface area contributed by atoms with Crippen LogP contribution in [0.5, 0.6) is 0 Å². The van der Waals surface area contributed by atoms with Gasteiger partial charge < -0.3 is 4.90 Å². The van der Waals surface area contributed by atoms with Crippen molar-refractivity contribution in [2.75, 3.05) is 11.4 Å². The third-order valence-corrected chi connectivity index (χ3v) is 6.30. The van der Waals surface area contributed by atoms with Crippen molar-refractivity contribution in [1.82, 2.24) is 13.5 Å². The van der Waals surface area contributed by atoms with Crippen LogP contribution in [-0.4, -0.2) is 29.6 Å². The Balaban J connectivity index is 1.50. The molecule has 0 atom stereocenters. The first-order chi connectivity index (χ1) is 12.5. The van der Waals surface area contributed by atoms with E-state index in [0.717, 1.165) is 35.9 Å². The lowest BCUT2D eigenvalue weighted by atomic mass is 10.2. The van der Waals surface area contributed by atoms with Crippen LogP contribution < -0.4 is 9.62 Å². The molecule has 4 rings (SSSR count). The number of hydrogen-bond acceptors (Lipinski definition) is 6. The van der Waals surface area contributed by atoms with Crippen molar-refractivity contribution in [1.29, 1.82) is 0 Å². The fourth-order valence-corrected chi connectivity index (χ4v) is 4.75. The van der Waals surface area contributed by atoms with E-state index in [0.29, 0.717) is 17.5 Å². The molecule has 1 aliphatic heterocycles. The minimum atomic E-state index is -3.70. The molecule has 1 saturated heterocycles. The number of carbonyl (C=O) groups excluding carboxylic acids is 1. The van der Waals surface area contributed by atoms with Crippen molar-refractivity contribution < 1.29 is 13.2 Å². The maximum absolute atomic E-state index is 12.6. The molecule has 0 bridgehead atoms. The van der Waals surface area contributed by atoms with Crippen LogP contribution >= 0.6 is 11.7 Å². The van der Waals surface area contributed by atoms with Gasteiger partial charge in [0.25, 0.3) is 0 Å². The van der Waals surface area contributed by atoms with Gasteiger partial charge in [-0.1, -0.05) is 18.2 Å². The highest BCUT2D eigenvalue weighted by Gasteiger charge is 2.22. The number of rotatable bonds is 5. The number of nitrogens with zero attached hydrogens (tertiary/aromatic N) is 3. The average Bonchev–Trinajstić information content (AvgIpc) is 3.29. The van der Waals surface area contributed by atoms with Crippen LogP contribution in [-0.2, 0) is 21.4 Å². The highest BCUT2D eigenvalue weighted by atomic mass is 32.2. The summed E-state index contributed by atoms with van der Waals surface area (Å²) in [5, 5.41) is 0. The van der Waals surface area contributed by atoms with Crippen LogP contribution in [0.4, 0.5) is 5.69 Å². The van der Waals surface area contributed by atoms with E-state index in [-0.39, 0.29) is 17.3 Å². The molecule has 2 heterocycles. The van der Waals surface area contributed by atoms with Gasteiger partial charge in [-0.25, -0.2) is 13.1 Å². The van der Waals surface area contributed by atoms with Gasteiger partial charge in [-0.2, -0.15) is 8.75 Å². The Kier molecular flexibility index (Phi) is 4.43. The van der Waals surface area contributed by atoms with Crippen molar-refractivity contribution in [2.24, 2.45) is 0 Å². The molecule has 0 radical (unpaired) electrons. The summed E-state index contributed by atoms with van der Waals surface area (Å²) >= 11 is 0.987. The number of anilines is 1. The predicted molar refractivity (Wildman–Crippen MR) is 99.5 cm³/mol. The standard InChI is InChI=1S/C17H16N4O3S2/c22-16-5-2-10-21(16)13-8-6-12(7-9-13)11-18-26(23,24)15-4-1-3-14-17(15)20-25-19-14/h1,3-4,6-9,18H,2,5,10-11H2. The number of aromatic nitrogens is 2. The second-order valence-electron chi connectivity index (χ2n) is 6.03. The van der Waals surface area contributed by atoms with Crippen LogP contribution in [0.15, 0.2) is 47.4 Å². The van der Waals surface area contributed by atoms with Crippen LogP contribution in [0.1, 0.15) is 18.4 Å². The zero-order valence-electron chi connectivity index (χ0n) is 13.8. The number of sulfonamides is 1.